The summed E-state index contributed by atoms with van der Waals surface area (Å²) in [6.07, 6.45) is 2.72. The minimum Gasteiger partial charge on any atom is -0.352 e. The number of nitrogens with one attached hydrogen (secondary N) is 1. The number of nitrogens with zero attached hydrogens (tertiary/aromatic N) is 2. The van der Waals surface area contributed by atoms with E-state index in [0.717, 1.165) is 34.8 Å². The molecular formula is C21H19N3O. The fraction of sp³-hybridized carbons (Fsp3) is 0.143. The number of benzene rings is 3. The summed E-state index contributed by atoms with van der Waals surface area (Å²) >= 11 is 0. The Morgan fingerprint density at radius 1 is 0.960 bits per heavy atom. The summed E-state index contributed by atoms with van der Waals surface area (Å²) in [7, 11) is 0. The zero-order valence-electron chi connectivity index (χ0n) is 13.9. The fourth-order valence-electron chi connectivity index (χ4n) is 3.07. The Bertz CT molecular complexity index is 1040. The number of imidazole rings is 1. The zero-order valence-corrected chi connectivity index (χ0v) is 13.9. The number of hydrogen-bond donors (Lipinski definition) is 1. The highest BCUT2D eigenvalue weighted by molar-refractivity contribution is 5.98. The van der Waals surface area contributed by atoms with Gasteiger partial charge in [0.1, 0.15) is 0 Å². The Morgan fingerprint density at radius 3 is 2.68 bits per heavy atom. The van der Waals surface area contributed by atoms with E-state index in [2.05, 4.69) is 20.9 Å². The summed E-state index contributed by atoms with van der Waals surface area (Å²) < 4.78 is 2.12. The van der Waals surface area contributed by atoms with E-state index in [0.29, 0.717) is 12.1 Å². The Kier molecular flexibility index (Phi) is 4.17. The van der Waals surface area contributed by atoms with Gasteiger partial charge < -0.3 is 9.88 Å². The molecule has 4 heteroatoms. The van der Waals surface area contributed by atoms with Crippen LogP contribution < -0.4 is 5.32 Å². The number of carbonyl (C=O) groups excluding carboxylic acids is 1. The van der Waals surface area contributed by atoms with Gasteiger partial charge in [-0.15, -0.1) is 0 Å². The maximum Gasteiger partial charge on any atom is 0.251 e. The summed E-state index contributed by atoms with van der Waals surface area (Å²) in [6, 6.07) is 21.9. The third kappa shape index (κ3) is 3.24. The lowest BCUT2D eigenvalue weighted by molar-refractivity contribution is 0.0953. The van der Waals surface area contributed by atoms with Crippen LogP contribution in [0, 0.1) is 0 Å². The van der Waals surface area contributed by atoms with Crippen molar-refractivity contribution < 1.29 is 4.79 Å². The second kappa shape index (κ2) is 6.77. The molecule has 124 valence electrons. The maximum absolute atomic E-state index is 12.3. The molecule has 0 unspecified atom stereocenters. The summed E-state index contributed by atoms with van der Waals surface area (Å²) in [6.45, 7) is 1.47. The van der Waals surface area contributed by atoms with Crippen molar-refractivity contribution in [2.45, 2.75) is 13.0 Å². The Balaban J connectivity index is 1.35. The monoisotopic (exact) mass is 329 g/mol. The van der Waals surface area contributed by atoms with Gasteiger partial charge in [-0.05, 0) is 41.5 Å². The van der Waals surface area contributed by atoms with E-state index in [1.54, 1.807) is 0 Å². The largest absolute Gasteiger partial charge is 0.352 e. The average molecular weight is 329 g/mol. The van der Waals surface area contributed by atoms with Gasteiger partial charge in [-0.2, -0.15) is 0 Å². The number of fused-ring (bicyclic) bond motifs is 2. The van der Waals surface area contributed by atoms with Crippen LogP contribution in [-0.2, 0) is 6.54 Å². The molecule has 0 saturated heterocycles. The van der Waals surface area contributed by atoms with Crippen LogP contribution >= 0.6 is 0 Å². The molecule has 0 aliphatic carbocycles. The minimum atomic E-state index is -0.0266. The van der Waals surface area contributed by atoms with Gasteiger partial charge in [0.15, 0.2) is 0 Å². The third-order valence-electron chi connectivity index (χ3n) is 4.40. The highest BCUT2D eigenvalue weighted by Crippen LogP contribution is 2.15. The van der Waals surface area contributed by atoms with Gasteiger partial charge in [-0.1, -0.05) is 42.5 Å². The summed E-state index contributed by atoms with van der Waals surface area (Å²) in [5.74, 6) is -0.0266. The molecule has 1 aromatic heterocycles. The molecular weight excluding hydrogens is 310 g/mol. The Morgan fingerprint density at radius 2 is 1.76 bits per heavy atom. The number of para-hydroxylation sites is 2. The van der Waals surface area contributed by atoms with Gasteiger partial charge >= 0.3 is 0 Å². The zero-order chi connectivity index (χ0) is 17.1. The molecule has 4 nitrogen and oxygen atoms in total. The van der Waals surface area contributed by atoms with Crippen LogP contribution in [0.1, 0.15) is 16.8 Å². The number of rotatable bonds is 5. The van der Waals surface area contributed by atoms with E-state index in [1.807, 2.05) is 67.0 Å². The topological polar surface area (TPSA) is 46.9 Å². The van der Waals surface area contributed by atoms with Crippen LogP contribution in [0.3, 0.4) is 0 Å². The van der Waals surface area contributed by atoms with Gasteiger partial charge in [0.2, 0.25) is 0 Å². The predicted octanol–water partition coefficient (Wildman–Crippen LogP) is 4.01. The first-order valence-corrected chi connectivity index (χ1v) is 8.48. The number of aromatic nitrogens is 2. The molecule has 1 amide bonds. The first-order valence-electron chi connectivity index (χ1n) is 8.48. The van der Waals surface area contributed by atoms with Gasteiger partial charge in [-0.3, -0.25) is 4.79 Å². The molecule has 0 bridgehead atoms. The summed E-state index contributed by atoms with van der Waals surface area (Å²) in [5, 5.41) is 5.23. The van der Waals surface area contributed by atoms with E-state index in [9.17, 15) is 4.79 Å². The lowest BCUT2D eigenvalue weighted by Gasteiger charge is -2.07. The maximum atomic E-state index is 12.3. The summed E-state index contributed by atoms with van der Waals surface area (Å²) in [4.78, 5) is 16.7. The predicted molar refractivity (Wildman–Crippen MR) is 101 cm³/mol. The smallest absolute Gasteiger partial charge is 0.251 e. The highest BCUT2D eigenvalue weighted by Gasteiger charge is 2.06. The second-order valence-corrected chi connectivity index (χ2v) is 6.10. The van der Waals surface area contributed by atoms with Gasteiger partial charge in [-0.25, -0.2) is 4.98 Å². The molecule has 1 heterocycles. The van der Waals surface area contributed by atoms with E-state index in [1.165, 1.54) is 0 Å². The van der Waals surface area contributed by atoms with Gasteiger partial charge in [0.25, 0.3) is 5.91 Å². The molecule has 0 radical (unpaired) electrons. The lowest BCUT2D eigenvalue weighted by Crippen LogP contribution is -2.25. The number of aryl methyl sites for hydroxylation is 1. The van der Waals surface area contributed by atoms with Crippen molar-refractivity contribution in [3.8, 4) is 0 Å². The quantitative estimate of drug-likeness (QED) is 0.562. The van der Waals surface area contributed by atoms with Crippen molar-refractivity contribution in [1.82, 2.24) is 14.9 Å². The molecule has 0 aliphatic heterocycles. The number of carbonyl (C=O) groups is 1. The molecule has 1 N–H and O–H groups in total. The van der Waals surface area contributed by atoms with Gasteiger partial charge in [0, 0.05) is 18.7 Å². The third-order valence-corrected chi connectivity index (χ3v) is 4.40. The van der Waals surface area contributed by atoms with Crippen molar-refractivity contribution >= 4 is 27.7 Å². The molecule has 0 spiro atoms. The molecule has 0 atom stereocenters. The number of amides is 1. The van der Waals surface area contributed by atoms with Crippen LogP contribution in [0.25, 0.3) is 21.8 Å². The Labute approximate surface area is 146 Å². The molecule has 0 fully saturated rings. The van der Waals surface area contributed by atoms with Crippen LogP contribution in [0.2, 0.25) is 0 Å². The molecule has 0 aliphatic rings. The first-order chi connectivity index (χ1) is 12.3. The van der Waals surface area contributed by atoms with Crippen molar-refractivity contribution in [3.63, 3.8) is 0 Å². The molecule has 0 saturated carbocycles. The van der Waals surface area contributed by atoms with Crippen LogP contribution in [0.5, 0.6) is 0 Å². The fourth-order valence-corrected chi connectivity index (χ4v) is 3.07. The van der Waals surface area contributed by atoms with E-state index < -0.39 is 0 Å². The van der Waals surface area contributed by atoms with Crippen molar-refractivity contribution in [3.05, 3.63) is 78.6 Å². The second-order valence-electron chi connectivity index (χ2n) is 6.10. The SMILES string of the molecule is O=C(NCCCn1cnc2ccccc21)c1ccc2ccccc2c1. The van der Waals surface area contributed by atoms with Crippen LogP contribution in [0.4, 0.5) is 0 Å². The van der Waals surface area contributed by atoms with Crippen molar-refractivity contribution in [2.75, 3.05) is 6.54 Å². The van der Waals surface area contributed by atoms with E-state index >= 15 is 0 Å². The van der Waals surface area contributed by atoms with Crippen LogP contribution in [0.15, 0.2) is 73.1 Å². The standard InChI is InChI=1S/C21H19N3O/c25-21(18-11-10-16-6-1-2-7-17(16)14-18)22-12-5-13-24-15-23-19-8-3-4-9-20(19)24/h1-4,6-11,14-15H,5,12-13H2,(H,22,25). The lowest BCUT2D eigenvalue weighted by atomic mass is 10.1. The van der Waals surface area contributed by atoms with E-state index in [-0.39, 0.29) is 5.91 Å². The Hall–Kier alpha value is -3.14. The number of hydrogen-bond acceptors (Lipinski definition) is 2. The first kappa shape index (κ1) is 15.4. The summed E-state index contributed by atoms with van der Waals surface area (Å²) in [5.41, 5.74) is 2.83. The molecule has 4 rings (SSSR count). The van der Waals surface area contributed by atoms with Crippen LogP contribution in [-0.4, -0.2) is 22.0 Å². The van der Waals surface area contributed by atoms with E-state index in [4.69, 9.17) is 0 Å². The average Bonchev–Trinajstić information content (AvgIpc) is 3.08. The van der Waals surface area contributed by atoms with Crippen molar-refractivity contribution in [2.24, 2.45) is 0 Å². The molecule has 25 heavy (non-hydrogen) atoms. The van der Waals surface area contributed by atoms with Crippen molar-refractivity contribution in [1.29, 1.82) is 0 Å². The molecule has 4 aromatic rings. The molecule has 3 aromatic carbocycles. The highest BCUT2D eigenvalue weighted by atomic mass is 16.1. The van der Waals surface area contributed by atoms with Gasteiger partial charge in [0.05, 0.1) is 17.4 Å². The normalized spacial score (nSPS) is 11.0. The minimum absolute atomic E-state index is 0.0266.